The van der Waals surface area contributed by atoms with Crippen LogP contribution in [-0.2, 0) is 4.79 Å². The van der Waals surface area contributed by atoms with Crippen molar-refractivity contribution >= 4 is 5.97 Å². The molecule has 0 saturated heterocycles. The molecule has 0 aliphatic carbocycles. The Kier molecular flexibility index (Phi) is 8.36. The lowest BCUT2D eigenvalue weighted by Crippen LogP contribution is -2.27. The van der Waals surface area contributed by atoms with Crippen molar-refractivity contribution in [1.82, 2.24) is 4.90 Å². The van der Waals surface area contributed by atoms with Gasteiger partial charge in [-0.15, -0.1) is 0 Å². The summed E-state index contributed by atoms with van der Waals surface area (Å²) in [5.41, 5.74) is 3.02. The molecule has 26 heavy (non-hydrogen) atoms. The molecule has 0 fully saturated rings. The summed E-state index contributed by atoms with van der Waals surface area (Å²) in [6, 6.07) is 18.0. The van der Waals surface area contributed by atoms with E-state index >= 15 is 0 Å². The van der Waals surface area contributed by atoms with Gasteiger partial charge in [-0.2, -0.15) is 0 Å². The SMILES string of the molecule is CCCN(CCC)CCCC(C(=O)O)c1ccccc1-c1ccccc1. The summed E-state index contributed by atoms with van der Waals surface area (Å²) >= 11 is 0. The Morgan fingerprint density at radius 1 is 0.923 bits per heavy atom. The first-order valence-electron chi connectivity index (χ1n) is 9.76. The van der Waals surface area contributed by atoms with E-state index in [1.807, 2.05) is 54.6 Å². The minimum Gasteiger partial charge on any atom is -0.481 e. The number of benzene rings is 2. The fourth-order valence-corrected chi connectivity index (χ4v) is 3.58. The van der Waals surface area contributed by atoms with Crippen molar-refractivity contribution in [2.45, 2.75) is 45.4 Å². The average molecular weight is 354 g/mol. The minimum absolute atomic E-state index is 0.462. The first-order valence-corrected chi connectivity index (χ1v) is 9.76. The first kappa shape index (κ1) is 20.2. The molecular formula is C23H31NO2. The molecule has 0 aliphatic rings. The molecule has 1 N–H and O–H groups in total. The highest BCUT2D eigenvalue weighted by atomic mass is 16.4. The Morgan fingerprint density at radius 3 is 2.15 bits per heavy atom. The Morgan fingerprint density at radius 2 is 1.54 bits per heavy atom. The molecule has 140 valence electrons. The lowest BCUT2D eigenvalue weighted by Gasteiger charge is -2.22. The van der Waals surface area contributed by atoms with E-state index in [0.29, 0.717) is 6.42 Å². The Balaban J connectivity index is 2.14. The van der Waals surface area contributed by atoms with E-state index in [-0.39, 0.29) is 0 Å². The van der Waals surface area contributed by atoms with Crippen LogP contribution in [0.2, 0.25) is 0 Å². The molecule has 0 radical (unpaired) electrons. The van der Waals surface area contributed by atoms with Gasteiger partial charge in [0, 0.05) is 0 Å². The van der Waals surface area contributed by atoms with Crippen molar-refractivity contribution in [1.29, 1.82) is 0 Å². The number of aliphatic carboxylic acids is 1. The zero-order valence-corrected chi connectivity index (χ0v) is 16.0. The van der Waals surface area contributed by atoms with Crippen LogP contribution >= 0.6 is 0 Å². The predicted molar refractivity (Wildman–Crippen MR) is 109 cm³/mol. The van der Waals surface area contributed by atoms with Gasteiger partial charge in [0.2, 0.25) is 0 Å². The molecule has 0 bridgehead atoms. The van der Waals surface area contributed by atoms with Crippen LogP contribution in [0.4, 0.5) is 0 Å². The average Bonchev–Trinajstić information content (AvgIpc) is 2.66. The molecular weight excluding hydrogens is 322 g/mol. The smallest absolute Gasteiger partial charge is 0.310 e. The minimum atomic E-state index is -0.731. The monoisotopic (exact) mass is 353 g/mol. The molecule has 1 unspecified atom stereocenters. The van der Waals surface area contributed by atoms with E-state index in [0.717, 1.165) is 55.6 Å². The van der Waals surface area contributed by atoms with E-state index in [1.165, 1.54) is 0 Å². The van der Waals surface area contributed by atoms with Crippen LogP contribution in [0.1, 0.15) is 51.0 Å². The van der Waals surface area contributed by atoms with E-state index in [2.05, 4.69) is 18.7 Å². The first-order chi connectivity index (χ1) is 12.7. The van der Waals surface area contributed by atoms with Crippen molar-refractivity contribution in [3.63, 3.8) is 0 Å². The molecule has 0 aromatic heterocycles. The number of hydrogen-bond acceptors (Lipinski definition) is 2. The molecule has 3 heteroatoms. The molecule has 3 nitrogen and oxygen atoms in total. The second kappa shape index (κ2) is 10.8. The number of carbonyl (C=O) groups is 1. The molecule has 0 spiro atoms. The molecule has 1 atom stereocenters. The Labute approximate surface area is 157 Å². The van der Waals surface area contributed by atoms with Gasteiger partial charge in [0.1, 0.15) is 0 Å². The van der Waals surface area contributed by atoms with E-state index in [1.54, 1.807) is 0 Å². The summed E-state index contributed by atoms with van der Waals surface area (Å²) in [6.45, 7) is 7.54. The molecule has 0 heterocycles. The number of rotatable bonds is 11. The number of carboxylic acids is 1. The van der Waals surface area contributed by atoms with Crippen LogP contribution < -0.4 is 0 Å². The fraction of sp³-hybridized carbons (Fsp3) is 0.435. The third kappa shape index (κ3) is 5.70. The van der Waals surface area contributed by atoms with Crippen LogP contribution in [0.25, 0.3) is 11.1 Å². The van der Waals surface area contributed by atoms with Gasteiger partial charge in [-0.25, -0.2) is 0 Å². The largest absolute Gasteiger partial charge is 0.481 e. The second-order valence-electron chi connectivity index (χ2n) is 6.83. The number of carboxylic acid groups (broad SMARTS) is 1. The normalized spacial score (nSPS) is 12.3. The maximum absolute atomic E-state index is 12.0. The number of hydrogen-bond donors (Lipinski definition) is 1. The van der Waals surface area contributed by atoms with Gasteiger partial charge >= 0.3 is 5.97 Å². The third-order valence-electron chi connectivity index (χ3n) is 4.77. The van der Waals surface area contributed by atoms with Crippen molar-refractivity contribution in [3.8, 4) is 11.1 Å². The van der Waals surface area contributed by atoms with Crippen LogP contribution in [0.3, 0.4) is 0 Å². The lowest BCUT2D eigenvalue weighted by molar-refractivity contribution is -0.139. The van der Waals surface area contributed by atoms with Crippen molar-refractivity contribution < 1.29 is 9.90 Å². The zero-order valence-electron chi connectivity index (χ0n) is 16.0. The third-order valence-corrected chi connectivity index (χ3v) is 4.77. The van der Waals surface area contributed by atoms with Gasteiger partial charge in [0.15, 0.2) is 0 Å². The summed E-state index contributed by atoms with van der Waals surface area (Å²) in [7, 11) is 0. The van der Waals surface area contributed by atoms with Crippen LogP contribution in [0, 0.1) is 0 Å². The molecule has 2 aromatic rings. The van der Waals surface area contributed by atoms with Gasteiger partial charge < -0.3 is 10.0 Å². The highest BCUT2D eigenvalue weighted by molar-refractivity contribution is 5.81. The highest BCUT2D eigenvalue weighted by Gasteiger charge is 2.22. The van der Waals surface area contributed by atoms with E-state index in [9.17, 15) is 9.90 Å². The van der Waals surface area contributed by atoms with Crippen LogP contribution in [0.15, 0.2) is 54.6 Å². The van der Waals surface area contributed by atoms with Crippen LogP contribution in [0.5, 0.6) is 0 Å². The van der Waals surface area contributed by atoms with Gasteiger partial charge in [-0.05, 0) is 62.0 Å². The predicted octanol–water partition coefficient (Wildman–Crippen LogP) is 5.42. The van der Waals surface area contributed by atoms with Crippen molar-refractivity contribution in [2.24, 2.45) is 0 Å². The zero-order chi connectivity index (χ0) is 18.8. The van der Waals surface area contributed by atoms with Gasteiger partial charge in [0.25, 0.3) is 0 Å². The van der Waals surface area contributed by atoms with Gasteiger partial charge in [-0.3, -0.25) is 4.79 Å². The summed E-state index contributed by atoms with van der Waals surface area (Å²) in [4.78, 5) is 14.4. The quantitative estimate of drug-likeness (QED) is 0.586. The van der Waals surface area contributed by atoms with Crippen molar-refractivity contribution in [3.05, 3.63) is 60.2 Å². The van der Waals surface area contributed by atoms with Crippen molar-refractivity contribution in [2.75, 3.05) is 19.6 Å². The lowest BCUT2D eigenvalue weighted by atomic mass is 9.87. The van der Waals surface area contributed by atoms with Crippen LogP contribution in [-0.4, -0.2) is 35.6 Å². The second-order valence-corrected chi connectivity index (χ2v) is 6.83. The van der Waals surface area contributed by atoms with Gasteiger partial charge in [0.05, 0.1) is 5.92 Å². The highest BCUT2D eigenvalue weighted by Crippen LogP contribution is 2.32. The standard InChI is InChI=1S/C23H31NO2/c1-3-16-24(17-4-2)18-10-15-22(23(25)26)21-14-9-8-13-20(21)19-11-6-5-7-12-19/h5-9,11-14,22H,3-4,10,15-18H2,1-2H3,(H,25,26). The maximum atomic E-state index is 12.0. The van der Waals surface area contributed by atoms with E-state index in [4.69, 9.17) is 0 Å². The molecule has 0 aliphatic heterocycles. The summed E-state index contributed by atoms with van der Waals surface area (Å²) in [5.74, 6) is -1.19. The summed E-state index contributed by atoms with van der Waals surface area (Å²) in [5, 5.41) is 9.86. The Hall–Kier alpha value is -2.13. The maximum Gasteiger partial charge on any atom is 0.310 e. The summed E-state index contributed by atoms with van der Waals surface area (Å²) in [6.07, 6.45) is 3.85. The molecule has 0 amide bonds. The topological polar surface area (TPSA) is 40.5 Å². The molecule has 0 saturated carbocycles. The summed E-state index contributed by atoms with van der Waals surface area (Å²) < 4.78 is 0. The Bertz CT molecular complexity index is 663. The molecule has 2 rings (SSSR count). The fourth-order valence-electron chi connectivity index (χ4n) is 3.58. The van der Waals surface area contributed by atoms with E-state index < -0.39 is 11.9 Å². The van der Waals surface area contributed by atoms with Gasteiger partial charge in [-0.1, -0.05) is 68.4 Å². The number of nitrogens with zero attached hydrogens (tertiary/aromatic N) is 1. The molecule has 2 aromatic carbocycles.